The zero-order chi connectivity index (χ0) is 22.7. The molecule has 2 heterocycles. The highest BCUT2D eigenvalue weighted by Crippen LogP contribution is 2.14. The van der Waals surface area contributed by atoms with Crippen molar-refractivity contribution in [2.75, 3.05) is 18.8 Å². The van der Waals surface area contributed by atoms with E-state index in [9.17, 15) is 4.79 Å². The number of carbonyl (C=O) groups excluding carboxylic acids is 1. The molecule has 0 unspecified atom stereocenters. The molecule has 33 heavy (non-hydrogen) atoms. The first-order valence-electron chi connectivity index (χ1n) is 10.9. The van der Waals surface area contributed by atoms with Crippen molar-refractivity contribution in [3.8, 4) is 0 Å². The third-order valence-electron chi connectivity index (χ3n) is 4.90. The first kappa shape index (κ1) is 22.6. The highest BCUT2D eigenvalue weighted by Gasteiger charge is 2.08. The number of aromatic amines is 2. The molecule has 2 aromatic carbocycles. The molecule has 0 saturated carbocycles. The number of guanidine groups is 1. The van der Waals surface area contributed by atoms with Crippen molar-refractivity contribution in [1.29, 1.82) is 0 Å². The molecule has 4 rings (SSSR count). The van der Waals surface area contributed by atoms with Crippen LogP contribution in [0.15, 0.2) is 72.1 Å². The lowest BCUT2D eigenvalue weighted by molar-refractivity contribution is 0.0976. The third-order valence-corrected chi connectivity index (χ3v) is 5.87. The first-order chi connectivity index (χ1) is 16.3. The molecule has 4 aromatic rings. The van der Waals surface area contributed by atoms with Crippen LogP contribution in [0, 0.1) is 0 Å². The molecule has 0 saturated heterocycles. The molecule has 0 radical (unpaired) electrons. The average molecular weight is 462 g/mol. The van der Waals surface area contributed by atoms with Gasteiger partial charge in [0.15, 0.2) is 5.96 Å². The quantitative estimate of drug-likeness (QED) is 0.164. The average Bonchev–Trinajstić information content (AvgIpc) is 3.51. The zero-order valence-corrected chi connectivity index (χ0v) is 19.1. The maximum Gasteiger partial charge on any atom is 0.257 e. The Labute approximate surface area is 196 Å². The third kappa shape index (κ3) is 6.95. The molecule has 170 valence electrons. The largest absolute Gasteiger partial charge is 0.355 e. The second-order valence-corrected chi connectivity index (χ2v) is 8.50. The van der Waals surface area contributed by atoms with E-state index in [2.05, 4.69) is 35.6 Å². The number of hydrogen-bond acceptors (Lipinski definition) is 5. The highest BCUT2D eigenvalue weighted by atomic mass is 32.2. The van der Waals surface area contributed by atoms with E-state index in [1.54, 1.807) is 30.2 Å². The molecule has 0 bridgehead atoms. The summed E-state index contributed by atoms with van der Waals surface area (Å²) in [5, 5.41) is 6.18. The van der Waals surface area contributed by atoms with E-state index in [0.717, 1.165) is 46.9 Å². The number of benzene rings is 2. The summed E-state index contributed by atoms with van der Waals surface area (Å²) in [5.41, 5.74) is 3.65. The van der Waals surface area contributed by atoms with Gasteiger partial charge < -0.3 is 15.3 Å². The number of nitrogens with one attached hydrogen (secondary N) is 4. The van der Waals surface area contributed by atoms with Crippen molar-refractivity contribution in [2.45, 2.75) is 18.6 Å². The predicted molar refractivity (Wildman–Crippen MR) is 133 cm³/mol. The van der Waals surface area contributed by atoms with E-state index < -0.39 is 0 Å². The number of hydrogen-bond donors (Lipinski definition) is 4. The van der Waals surface area contributed by atoms with E-state index in [4.69, 9.17) is 0 Å². The Hall–Kier alpha value is -3.59. The van der Waals surface area contributed by atoms with Gasteiger partial charge >= 0.3 is 0 Å². The highest BCUT2D eigenvalue weighted by molar-refractivity contribution is 7.98. The van der Waals surface area contributed by atoms with Gasteiger partial charge in [-0.15, -0.1) is 0 Å². The summed E-state index contributed by atoms with van der Waals surface area (Å²) in [4.78, 5) is 32.3. The standard InChI is InChI=1S/C24H27N7OS/c32-23(18-7-2-1-3-8-18)31-24(26-12-6-9-19-15-25-17-28-19)27-13-14-33-16-22-29-20-10-4-5-11-21(20)30-22/h1-5,7-8,10-11,15,17H,6,9,12-14,16H2,(H,25,28)(H,29,30)(H2,26,27,31,32). The SMILES string of the molecule is O=C(N/C(=N\CCCc1c[nH]cn1)NCCSCc1nc2ccccc2[nH]1)c1ccccc1. The van der Waals surface area contributed by atoms with Crippen LogP contribution >= 0.6 is 11.8 Å². The van der Waals surface area contributed by atoms with Gasteiger partial charge in [-0.25, -0.2) is 9.97 Å². The number of nitrogens with zero attached hydrogens (tertiary/aromatic N) is 3. The molecular weight excluding hydrogens is 434 g/mol. The van der Waals surface area contributed by atoms with Gasteiger partial charge in [0.2, 0.25) is 0 Å². The topological polar surface area (TPSA) is 111 Å². The van der Waals surface area contributed by atoms with E-state index in [0.29, 0.717) is 24.6 Å². The normalized spacial score (nSPS) is 11.6. The molecule has 0 aliphatic heterocycles. The number of aryl methyl sites for hydroxylation is 1. The number of imidazole rings is 2. The minimum Gasteiger partial charge on any atom is -0.355 e. The van der Waals surface area contributed by atoms with E-state index in [-0.39, 0.29) is 5.91 Å². The Morgan fingerprint density at radius 3 is 2.76 bits per heavy atom. The van der Waals surface area contributed by atoms with E-state index >= 15 is 0 Å². The van der Waals surface area contributed by atoms with Gasteiger partial charge in [0, 0.05) is 30.6 Å². The number of fused-ring (bicyclic) bond motifs is 1. The fraction of sp³-hybridized carbons (Fsp3) is 0.250. The van der Waals surface area contributed by atoms with Crippen LogP contribution < -0.4 is 10.6 Å². The molecule has 0 spiro atoms. The number of para-hydroxylation sites is 2. The minimum absolute atomic E-state index is 0.177. The van der Waals surface area contributed by atoms with Crippen molar-refractivity contribution in [3.05, 3.63) is 84.2 Å². The summed E-state index contributed by atoms with van der Waals surface area (Å²) in [6.45, 7) is 1.27. The van der Waals surface area contributed by atoms with Crippen LogP contribution in [-0.4, -0.2) is 50.6 Å². The van der Waals surface area contributed by atoms with E-state index in [1.807, 2.05) is 48.7 Å². The van der Waals surface area contributed by atoms with Crippen molar-refractivity contribution >= 4 is 34.7 Å². The van der Waals surface area contributed by atoms with Crippen molar-refractivity contribution in [1.82, 2.24) is 30.6 Å². The van der Waals surface area contributed by atoms with Crippen LogP contribution in [-0.2, 0) is 12.2 Å². The molecule has 0 atom stereocenters. The lowest BCUT2D eigenvalue weighted by atomic mass is 10.2. The summed E-state index contributed by atoms with van der Waals surface area (Å²) < 4.78 is 0. The lowest BCUT2D eigenvalue weighted by Crippen LogP contribution is -2.42. The second kappa shape index (κ2) is 11.9. The summed E-state index contributed by atoms with van der Waals surface area (Å²) in [7, 11) is 0. The van der Waals surface area contributed by atoms with Gasteiger partial charge in [0.05, 0.1) is 28.8 Å². The van der Waals surface area contributed by atoms with Crippen LogP contribution in [0.3, 0.4) is 0 Å². The summed E-state index contributed by atoms with van der Waals surface area (Å²) >= 11 is 1.77. The number of thioether (sulfide) groups is 1. The summed E-state index contributed by atoms with van der Waals surface area (Å²) in [6.07, 6.45) is 5.24. The number of amides is 1. The Morgan fingerprint density at radius 1 is 1.09 bits per heavy atom. The fourth-order valence-electron chi connectivity index (χ4n) is 3.27. The summed E-state index contributed by atoms with van der Waals surface area (Å²) in [6, 6.07) is 17.2. The maximum atomic E-state index is 12.6. The molecular formula is C24H27N7OS. The monoisotopic (exact) mass is 461 g/mol. The molecule has 0 fully saturated rings. The smallest absolute Gasteiger partial charge is 0.257 e. The van der Waals surface area contributed by atoms with Crippen molar-refractivity contribution in [2.24, 2.45) is 4.99 Å². The molecule has 8 nitrogen and oxygen atoms in total. The Kier molecular flexibility index (Phi) is 8.13. The van der Waals surface area contributed by atoms with E-state index in [1.165, 1.54) is 0 Å². The van der Waals surface area contributed by atoms with Crippen LogP contribution in [0.25, 0.3) is 11.0 Å². The van der Waals surface area contributed by atoms with Gasteiger partial charge in [-0.3, -0.25) is 15.1 Å². The van der Waals surface area contributed by atoms with Crippen molar-refractivity contribution < 1.29 is 4.79 Å². The predicted octanol–water partition coefficient (Wildman–Crippen LogP) is 3.53. The van der Waals surface area contributed by atoms with Gasteiger partial charge in [0.1, 0.15) is 5.82 Å². The number of aliphatic imine (C=N–C) groups is 1. The molecule has 4 N–H and O–H groups in total. The molecule has 2 aromatic heterocycles. The molecule has 9 heteroatoms. The number of aromatic nitrogens is 4. The minimum atomic E-state index is -0.177. The molecule has 1 amide bonds. The first-order valence-corrected chi connectivity index (χ1v) is 12.1. The summed E-state index contributed by atoms with van der Waals surface area (Å²) in [5.74, 6) is 2.93. The van der Waals surface area contributed by atoms with Gasteiger partial charge in [0.25, 0.3) is 5.91 Å². The van der Waals surface area contributed by atoms with Crippen LogP contribution in [0.4, 0.5) is 0 Å². The Bertz CT molecular complexity index is 1140. The Balaban J connectivity index is 1.26. The number of carbonyl (C=O) groups is 1. The second-order valence-electron chi connectivity index (χ2n) is 7.39. The van der Waals surface area contributed by atoms with Crippen LogP contribution in [0.2, 0.25) is 0 Å². The van der Waals surface area contributed by atoms with Crippen LogP contribution in [0.5, 0.6) is 0 Å². The molecule has 0 aliphatic rings. The van der Waals surface area contributed by atoms with Gasteiger partial charge in [-0.1, -0.05) is 30.3 Å². The fourth-order valence-corrected chi connectivity index (χ4v) is 3.99. The van der Waals surface area contributed by atoms with Gasteiger partial charge in [-0.05, 0) is 37.1 Å². The maximum absolute atomic E-state index is 12.6. The number of H-pyrrole nitrogens is 2. The number of rotatable bonds is 10. The zero-order valence-electron chi connectivity index (χ0n) is 18.3. The molecule has 0 aliphatic carbocycles. The van der Waals surface area contributed by atoms with Gasteiger partial charge in [-0.2, -0.15) is 11.8 Å². The Morgan fingerprint density at radius 2 is 1.94 bits per heavy atom. The van der Waals surface area contributed by atoms with Crippen LogP contribution in [0.1, 0.15) is 28.3 Å². The lowest BCUT2D eigenvalue weighted by Gasteiger charge is -2.11. The van der Waals surface area contributed by atoms with Crippen molar-refractivity contribution in [3.63, 3.8) is 0 Å².